The van der Waals surface area contributed by atoms with Crippen LogP contribution < -0.4 is 16.0 Å². The zero-order valence-electron chi connectivity index (χ0n) is 11.9. The number of anilines is 2. The Bertz CT molecular complexity index is 470. The minimum Gasteiger partial charge on any atom is -0.399 e. The van der Waals surface area contributed by atoms with Crippen molar-refractivity contribution in [1.29, 1.82) is 0 Å². The maximum Gasteiger partial charge on any atom is 0.239 e. The summed E-state index contributed by atoms with van der Waals surface area (Å²) >= 11 is 0. The molecule has 0 bridgehead atoms. The molecule has 3 N–H and O–H groups in total. The van der Waals surface area contributed by atoms with Crippen molar-refractivity contribution < 1.29 is 4.79 Å². The number of carbonyl (C=O) groups excluding carboxylic acids is 1. The molecule has 1 aromatic rings. The van der Waals surface area contributed by atoms with Gasteiger partial charge in [-0.25, -0.2) is 0 Å². The van der Waals surface area contributed by atoms with Gasteiger partial charge < -0.3 is 16.0 Å². The van der Waals surface area contributed by atoms with E-state index in [1.54, 1.807) is 0 Å². The van der Waals surface area contributed by atoms with E-state index in [0.717, 1.165) is 24.3 Å². The maximum absolute atomic E-state index is 12.0. The van der Waals surface area contributed by atoms with Gasteiger partial charge in [0.25, 0.3) is 0 Å². The first-order chi connectivity index (χ1) is 8.97. The molecule has 0 saturated heterocycles. The van der Waals surface area contributed by atoms with Crippen LogP contribution in [0.2, 0.25) is 0 Å². The summed E-state index contributed by atoms with van der Waals surface area (Å²) < 4.78 is 0. The van der Waals surface area contributed by atoms with Gasteiger partial charge in [-0.15, -0.1) is 0 Å². The summed E-state index contributed by atoms with van der Waals surface area (Å²) in [6.45, 7) is 7.58. The summed E-state index contributed by atoms with van der Waals surface area (Å²) in [5, 5.41) is 3.04. The second-order valence-corrected chi connectivity index (χ2v) is 5.66. The number of hydrogen-bond acceptors (Lipinski definition) is 3. The van der Waals surface area contributed by atoms with Gasteiger partial charge in [-0.1, -0.05) is 13.8 Å². The van der Waals surface area contributed by atoms with Gasteiger partial charge in [0.1, 0.15) is 0 Å². The van der Waals surface area contributed by atoms with Crippen LogP contribution in [0.1, 0.15) is 26.3 Å². The summed E-state index contributed by atoms with van der Waals surface area (Å²) in [6, 6.07) is 6.12. The number of carbonyl (C=O) groups is 1. The molecule has 4 nitrogen and oxygen atoms in total. The highest BCUT2D eigenvalue weighted by atomic mass is 16.2. The summed E-state index contributed by atoms with van der Waals surface area (Å²) in [6.07, 6.45) is 0.966. The average Bonchev–Trinajstić information content (AvgIpc) is 2.71. The molecule has 0 aromatic heterocycles. The molecule has 0 fully saturated rings. The molecule has 1 unspecified atom stereocenters. The Kier molecular flexibility index (Phi) is 3.98. The second kappa shape index (κ2) is 5.51. The van der Waals surface area contributed by atoms with Crippen LogP contribution in [0.5, 0.6) is 0 Å². The molecule has 1 aromatic carbocycles. The van der Waals surface area contributed by atoms with E-state index in [1.807, 2.05) is 25.1 Å². The van der Waals surface area contributed by atoms with Crippen molar-refractivity contribution in [2.45, 2.75) is 33.2 Å². The number of rotatable bonds is 4. The molecule has 1 aliphatic heterocycles. The van der Waals surface area contributed by atoms with Crippen LogP contribution in [-0.4, -0.2) is 25.0 Å². The van der Waals surface area contributed by atoms with Crippen molar-refractivity contribution in [1.82, 2.24) is 5.32 Å². The number of nitrogens with zero attached hydrogens (tertiary/aromatic N) is 1. The number of nitrogen functional groups attached to an aromatic ring is 1. The van der Waals surface area contributed by atoms with Crippen molar-refractivity contribution in [2.24, 2.45) is 5.92 Å². The second-order valence-electron chi connectivity index (χ2n) is 5.66. The predicted octanol–water partition coefficient (Wildman–Crippen LogP) is 1.79. The summed E-state index contributed by atoms with van der Waals surface area (Å²) in [5.74, 6) is 0.542. The molecule has 19 heavy (non-hydrogen) atoms. The van der Waals surface area contributed by atoms with Gasteiger partial charge >= 0.3 is 0 Å². The van der Waals surface area contributed by atoms with Crippen LogP contribution in [0.4, 0.5) is 11.4 Å². The zero-order valence-corrected chi connectivity index (χ0v) is 11.9. The van der Waals surface area contributed by atoms with Crippen molar-refractivity contribution in [3.63, 3.8) is 0 Å². The molecule has 0 aliphatic carbocycles. The van der Waals surface area contributed by atoms with E-state index in [2.05, 4.69) is 24.1 Å². The van der Waals surface area contributed by atoms with Crippen LogP contribution >= 0.6 is 0 Å². The lowest BCUT2D eigenvalue weighted by Crippen LogP contribution is -2.42. The molecule has 1 atom stereocenters. The summed E-state index contributed by atoms with van der Waals surface area (Å²) in [7, 11) is 0. The highest BCUT2D eigenvalue weighted by Gasteiger charge is 2.22. The number of amides is 1. The Morgan fingerprint density at radius 1 is 1.42 bits per heavy atom. The fraction of sp³-hybridized carbons (Fsp3) is 0.533. The van der Waals surface area contributed by atoms with Gasteiger partial charge in [0, 0.05) is 24.0 Å². The molecular weight excluding hydrogens is 238 g/mol. The van der Waals surface area contributed by atoms with Crippen molar-refractivity contribution in [3.8, 4) is 0 Å². The van der Waals surface area contributed by atoms with Gasteiger partial charge in [-0.2, -0.15) is 0 Å². The number of benzene rings is 1. The SMILES string of the molecule is CC(C)C(C)NC(=O)CN1CCc2cc(N)ccc21. The van der Waals surface area contributed by atoms with Crippen LogP contribution in [-0.2, 0) is 11.2 Å². The van der Waals surface area contributed by atoms with Gasteiger partial charge in [-0.05, 0) is 43.0 Å². The lowest BCUT2D eigenvalue weighted by atomic mass is 10.1. The molecular formula is C15H23N3O. The van der Waals surface area contributed by atoms with E-state index in [-0.39, 0.29) is 11.9 Å². The number of hydrogen-bond donors (Lipinski definition) is 2. The summed E-state index contributed by atoms with van der Waals surface area (Å²) in [4.78, 5) is 14.1. The summed E-state index contributed by atoms with van der Waals surface area (Å²) in [5.41, 5.74) is 8.95. The predicted molar refractivity (Wildman–Crippen MR) is 79.2 cm³/mol. The Balaban J connectivity index is 1.97. The van der Waals surface area contributed by atoms with E-state index in [4.69, 9.17) is 5.73 Å². The number of fused-ring (bicyclic) bond motifs is 1. The van der Waals surface area contributed by atoms with Crippen molar-refractivity contribution in [3.05, 3.63) is 23.8 Å². The van der Waals surface area contributed by atoms with Crippen molar-refractivity contribution in [2.75, 3.05) is 23.7 Å². The number of nitrogens with one attached hydrogen (secondary N) is 1. The van der Waals surface area contributed by atoms with Gasteiger partial charge in [-0.3, -0.25) is 4.79 Å². The van der Waals surface area contributed by atoms with Gasteiger partial charge in [0.05, 0.1) is 6.54 Å². The van der Waals surface area contributed by atoms with E-state index < -0.39 is 0 Å². The van der Waals surface area contributed by atoms with E-state index in [0.29, 0.717) is 12.5 Å². The average molecular weight is 261 g/mol. The van der Waals surface area contributed by atoms with Crippen LogP contribution in [0, 0.1) is 5.92 Å². The first-order valence-corrected chi connectivity index (χ1v) is 6.90. The monoisotopic (exact) mass is 261 g/mol. The Labute approximate surface area is 115 Å². The molecule has 1 amide bonds. The number of nitrogens with two attached hydrogens (primary N) is 1. The Hall–Kier alpha value is -1.71. The van der Waals surface area contributed by atoms with Crippen LogP contribution in [0.25, 0.3) is 0 Å². The third-order valence-electron chi connectivity index (χ3n) is 3.82. The van der Waals surface area contributed by atoms with E-state index in [1.165, 1.54) is 5.56 Å². The van der Waals surface area contributed by atoms with Crippen LogP contribution in [0.15, 0.2) is 18.2 Å². The molecule has 2 rings (SSSR count). The third-order valence-corrected chi connectivity index (χ3v) is 3.82. The molecule has 1 heterocycles. The molecule has 4 heteroatoms. The lowest BCUT2D eigenvalue weighted by molar-refractivity contribution is -0.120. The minimum absolute atomic E-state index is 0.0888. The smallest absolute Gasteiger partial charge is 0.239 e. The van der Waals surface area contributed by atoms with Gasteiger partial charge in [0.15, 0.2) is 0 Å². The first-order valence-electron chi connectivity index (χ1n) is 6.90. The molecule has 1 aliphatic rings. The highest BCUT2D eigenvalue weighted by Crippen LogP contribution is 2.29. The topological polar surface area (TPSA) is 58.4 Å². The zero-order chi connectivity index (χ0) is 14.0. The molecule has 104 valence electrons. The van der Waals surface area contributed by atoms with Crippen molar-refractivity contribution >= 4 is 17.3 Å². The Morgan fingerprint density at radius 3 is 2.84 bits per heavy atom. The lowest BCUT2D eigenvalue weighted by Gasteiger charge is -2.22. The standard InChI is InChI=1S/C15H23N3O/c1-10(2)11(3)17-15(19)9-18-7-6-12-8-13(16)4-5-14(12)18/h4-5,8,10-11H,6-7,9,16H2,1-3H3,(H,17,19). The third kappa shape index (κ3) is 3.19. The molecule has 0 saturated carbocycles. The quantitative estimate of drug-likeness (QED) is 0.812. The molecule has 0 radical (unpaired) electrons. The minimum atomic E-state index is 0.0888. The van der Waals surface area contributed by atoms with E-state index >= 15 is 0 Å². The molecule has 0 spiro atoms. The largest absolute Gasteiger partial charge is 0.399 e. The maximum atomic E-state index is 12.0. The fourth-order valence-electron chi connectivity index (χ4n) is 2.29. The van der Waals surface area contributed by atoms with E-state index in [9.17, 15) is 4.79 Å². The fourth-order valence-corrected chi connectivity index (χ4v) is 2.29. The highest BCUT2D eigenvalue weighted by molar-refractivity contribution is 5.82. The first kappa shape index (κ1) is 13.7. The van der Waals surface area contributed by atoms with Crippen LogP contribution in [0.3, 0.4) is 0 Å². The van der Waals surface area contributed by atoms with Gasteiger partial charge in [0.2, 0.25) is 5.91 Å². The Morgan fingerprint density at radius 2 is 2.16 bits per heavy atom. The normalized spacial score (nSPS) is 15.5.